The van der Waals surface area contributed by atoms with E-state index in [1.54, 1.807) is 24.3 Å². The summed E-state index contributed by atoms with van der Waals surface area (Å²) >= 11 is 1.71. The molecule has 3 aromatic rings. The van der Waals surface area contributed by atoms with E-state index < -0.39 is 0 Å². The smallest absolute Gasteiger partial charge is 0.340 e. The number of nitrogens with zero attached hydrogens (tertiary/aromatic N) is 2. The SMILES string of the molecule is Cc1cc(COC(=O)c2cc(C)n(Cc3cccs3)c2C)no1. The van der Waals surface area contributed by atoms with Crippen molar-refractivity contribution in [2.45, 2.75) is 33.9 Å². The van der Waals surface area contributed by atoms with Gasteiger partial charge in [0.25, 0.3) is 0 Å². The van der Waals surface area contributed by atoms with E-state index in [4.69, 9.17) is 9.26 Å². The molecule has 3 rings (SSSR count). The van der Waals surface area contributed by atoms with E-state index >= 15 is 0 Å². The first kappa shape index (κ1) is 15.6. The van der Waals surface area contributed by atoms with Crippen molar-refractivity contribution in [3.8, 4) is 0 Å². The van der Waals surface area contributed by atoms with Gasteiger partial charge in [-0.15, -0.1) is 11.3 Å². The van der Waals surface area contributed by atoms with Crippen molar-refractivity contribution in [3.63, 3.8) is 0 Å². The fraction of sp³-hybridized carbons (Fsp3) is 0.294. The van der Waals surface area contributed by atoms with Crippen LogP contribution >= 0.6 is 11.3 Å². The Labute approximate surface area is 138 Å². The Kier molecular flexibility index (Phi) is 4.34. The molecule has 0 aliphatic rings. The highest BCUT2D eigenvalue weighted by molar-refractivity contribution is 7.09. The summed E-state index contributed by atoms with van der Waals surface area (Å²) in [6, 6.07) is 7.75. The Morgan fingerprint density at radius 1 is 1.35 bits per heavy atom. The van der Waals surface area contributed by atoms with E-state index in [2.05, 4.69) is 21.2 Å². The molecule has 0 saturated carbocycles. The molecule has 5 nitrogen and oxygen atoms in total. The van der Waals surface area contributed by atoms with Crippen LogP contribution in [0.3, 0.4) is 0 Å². The molecule has 3 aromatic heterocycles. The number of esters is 1. The molecule has 0 aliphatic heterocycles. The molecule has 6 heteroatoms. The summed E-state index contributed by atoms with van der Waals surface area (Å²) in [5.41, 5.74) is 3.17. The number of hydrogen-bond acceptors (Lipinski definition) is 5. The van der Waals surface area contributed by atoms with Gasteiger partial charge in [0, 0.05) is 22.3 Å². The third-order valence-electron chi connectivity index (χ3n) is 3.72. The van der Waals surface area contributed by atoms with Gasteiger partial charge in [0.1, 0.15) is 18.1 Å². The van der Waals surface area contributed by atoms with E-state index in [0.717, 1.165) is 17.9 Å². The Hall–Kier alpha value is -2.34. The van der Waals surface area contributed by atoms with E-state index in [0.29, 0.717) is 17.0 Å². The number of ether oxygens (including phenoxy) is 1. The molecule has 0 unspecified atom stereocenters. The summed E-state index contributed by atoms with van der Waals surface area (Å²) in [7, 11) is 0. The minimum atomic E-state index is -0.337. The van der Waals surface area contributed by atoms with Crippen molar-refractivity contribution in [2.75, 3.05) is 0 Å². The molecule has 0 N–H and O–H groups in total. The molecule has 0 fully saturated rings. The maximum Gasteiger partial charge on any atom is 0.340 e. The normalized spacial score (nSPS) is 10.9. The lowest BCUT2D eigenvalue weighted by Gasteiger charge is -2.08. The molecule has 0 atom stereocenters. The molecule has 120 valence electrons. The number of rotatable bonds is 5. The number of aryl methyl sites for hydroxylation is 2. The highest BCUT2D eigenvalue weighted by Gasteiger charge is 2.18. The molecule has 0 spiro atoms. The second kappa shape index (κ2) is 6.42. The lowest BCUT2D eigenvalue weighted by Crippen LogP contribution is -2.08. The summed E-state index contributed by atoms with van der Waals surface area (Å²) in [5.74, 6) is 0.362. The zero-order valence-corrected chi connectivity index (χ0v) is 14.1. The van der Waals surface area contributed by atoms with Crippen LogP contribution in [0, 0.1) is 20.8 Å². The van der Waals surface area contributed by atoms with Gasteiger partial charge in [0.05, 0.1) is 12.1 Å². The molecule has 3 heterocycles. The highest BCUT2D eigenvalue weighted by Crippen LogP contribution is 2.20. The Bertz CT molecular complexity index is 815. The van der Waals surface area contributed by atoms with Gasteiger partial charge in [-0.05, 0) is 38.3 Å². The van der Waals surface area contributed by atoms with Crippen LogP contribution in [-0.2, 0) is 17.9 Å². The van der Waals surface area contributed by atoms with Crippen molar-refractivity contribution in [2.24, 2.45) is 0 Å². The van der Waals surface area contributed by atoms with Gasteiger partial charge in [-0.1, -0.05) is 11.2 Å². The monoisotopic (exact) mass is 330 g/mol. The molecule has 0 radical (unpaired) electrons. The van der Waals surface area contributed by atoms with E-state index in [-0.39, 0.29) is 12.6 Å². The van der Waals surface area contributed by atoms with Crippen molar-refractivity contribution < 1.29 is 14.1 Å². The van der Waals surface area contributed by atoms with E-state index in [9.17, 15) is 4.79 Å². The first-order valence-corrected chi connectivity index (χ1v) is 8.21. The molecule has 0 amide bonds. The lowest BCUT2D eigenvalue weighted by atomic mass is 10.2. The number of carbonyl (C=O) groups excluding carboxylic acids is 1. The highest BCUT2D eigenvalue weighted by atomic mass is 32.1. The third kappa shape index (κ3) is 3.37. The van der Waals surface area contributed by atoms with Gasteiger partial charge in [-0.25, -0.2) is 4.79 Å². The Balaban J connectivity index is 1.73. The standard InChI is InChI=1S/C17H18N2O3S/c1-11-7-16(13(3)19(11)9-15-5-4-6-23-15)17(20)21-10-14-8-12(2)22-18-14/h4-8H,9-10H2,1-3H3. The third-order valence-corrected chi connectivity index (χ3v) is 4.58. The predicted octanol–water partition coefficient (Wildman–Crippen LogP) is 3.87. The zero-order valence-electron chi connectivity index (χ0n) is 13.3. The fourth-order valence-electron chi connectivity index (χ4n) is 2.51. The summed E-state index contributed by atoms with van der Waals surface area (Å²) in [6.07, 6.45) is 0. The minimum Gasteiger partial charge on any atom is -0.455 e. The molecule has 0 saturated heterocycles. The topological polar surface area (TPSA) is 57.3 Å². The second-order valence-corrected chi connectivity index (χ2v) is 6.49. The van der Waals surface area contributed by atoms with Crippen LogP contribution in [0.25, 0.3) is 0 Å². The first-order valence-electron chi connectivity index (χ1n) is 7.33. The lowest BCUT2D eigenvalue weighted by molar-refractivity contribution is 0.0463. The van der Waals surface area contributed by atoms with Gasteiger partial charge in [-0.3, -0.25) is 0 Å². The van der Waals surface area contributed by atoms with Crippen LogP contribution in [0.2, 0.25) is 0 Å². The predicted molar refractivity (Wildman–Crippen MR) is 87.7 cm³/mol. The first-order chi connectivity index (χ1) is 11.0. The van der Waals surface area contributed by atoms with Crippen LogP contribution in [0.1, 0.15) is 38.1 Å². The summed E-state index contributed by atoms with van der Waals surface area (Å²) in [5, 5.41) is 5.87. The van der Waals surface area contributed by atoms with Crippen LogP contribution in [0.4, 0.5) is 0 Å². The maximum absolute atomic E-state index is 12.3. The van der Waals surface area contributed by atoms with Crippen LogP contribution in [0.5, 0.6) is 0 Å². The van der Waals surface area contributed by atoms with Crippen molar-refractivity contribution >= 4 is 17.3 Å². The maximum atomic E-state index is 12.3. The summed E-state index contributed by atoms with van der Waals surface area (Å²) in [6.45, 7) is 6.63. The quantitative estimate of drug-likeness (QED) is 0.666. The van der Waals surface area contributed by atoms with Gasteiger partial charge in [-0.2, -0.15) is 0 Å². The zero-order chi connectivity index (χ0) is 16.4. The molecule has 0 aromatic carbocycles. The average molecular weight is 330 g/mol. The van der Waals surface area contributed by atoms with Gasteiger partial charge >= 0.3 is 5.97 Å². The van der Waals surface area contributed by atoms with Crippen molar-refractivity contribution in [3.05, 3.63) is 62.9 Å². The van der Waals surface area contributed by atoms with Gasteiger partial charge < -0.3 is 13.8 Å². The summed E-state index contributed by atoms with van der Waals surface area (Å²) < 4.78 is 12.4. The molecule has 0 aliphatic carbocycles. The second-order valence-electron chi connectivity index (χ2n) is 5.46. The average Bonchev–Trinajstić information content (AvgIpc) is 3.23. The van der Waals surface area contributed by atoms with Crippen LogP contribution in [0.15, 0.2) is 34.2 Å². The van der Waals surface area contributed by atoms with E-state index in [1.807, 2.05) is 26.0 Å². The van der Waals surface area contributed by atoms with E-state index in [1.165, 1.54) is 4.88 Å². The fourth-order valence-corrected chi connectivity index (χ4v) is 3.21. The summed E-state index contributed by atoms with van der Waals surface area (Å²) in [4.78, 5) is 13.6. The Morgan fingerprint density at radius 3 is 2.83 bits per heavy atom. The molecule has 23 heavy (non-hydrogen) atoms. The number of aromatic nitrogens is 2. The van der Waals surface area contributed by atoms with Crippen molar-refractivity contribution in [1.82, 2.24) is 9.72 Å². The minimum absolute atomic E-state index is 0.116. The largest absolute Gasteiger partial charge is 0.455 e. The number of carbonyl (C=O) groups is 1. The van der Waals surface area contributed by atoms with Crippen LogP contribution < -0.4 is 0 Å². The number of hydrogen-bond donors (Lipinski definition) is 0. The Morgan fingerprint density at radius 2 is 2.17 bits per heavy atom. The molecule has 0 bridgehead atoms. The number of thiophene rings is 1. The van der Waals surface area contributed by atoms with Crippen LogP contribution in [-0.4, -0.2) is 15.7 Å². The molecular weight excluding hydrogens is 312 g/mol. The van der Waals surface area contributed by atoms with Crippen molar-refractivity contribution in [1.29, 1.82) is 0 Å². The van der Waals surface area contributed by atoms with Gasteiger partial charge in [0.2, 0.25) is 0 Å². The van der Waals surface area contributed by atoms with Gasteiger partial charge in [0.15, 0.2) is 0 Å². The molecular formula is C17H18N2O3S.